The molecule has 0 aliphatic carbocycles. The Morgan fingerprint density at radius 3 is 2.50 bits per heavy atom. The molecule has 0 radical (unpaired) electrons. The third-order valence-corrected chi connectivity index (χ3v) is 2.91. The topological polar surface area (TPSA) is 35.0 Å². The van der Waals surface area contributed by atoms with Crippen LogP contribution in [0.15, 0.2) is 35.1 Å². The Labute approximate surface area is 107 Å². The van der Waals surface area contributed by atoms with Gasteiger partial charge in [0.05, 0.1) is 12.7 Å². The Morgan fingerprint density at radius 1 is 1.19 bits per heavy atom. The summed E-state index contributed by atoms with van der Waals surface area (Å²) in [6.07, 6.45) is 1.38. The summed E-state index contributed by atoms with van der Waals surface area (Å²) in [6.45, 7) is 0. The Bertz CT molecular complexity index is 502. The summed E-state index contributed by atoms with van der Waals surface area (Å²) in [6, 6.07) is 7.71. The van der Waals surface area contributed by atoms with Crippen molar-refractivity contribution in [3.8, 4) is 17.0 Å². The van der Waals surface area contributed by atoms with E-state index < -0.39 is 0 Å². The van der Waals surface area contributed by atoms with Crippen LogP contribution in [0.3, 0.4) is 0 Å². The number of benzene rings is 1. The van der Waals surface area contributed by atoms with E-state index in [0.717, 1.165) is 10.0 Å². The second kappa shape index (κ2) is 4.80. The lowest BCUT2D eigenvalue weighted by molar-refractivity contribution is 0.398. The maximum Gasteiger partial charge on any atom is 0.225 e. The second-order valence-electron chi connectivity index (χ2n) is 3.06. The van der Waals surface area contributed by atoms with Gasteiger partial charge in [0, 0.05) is 4.47 Å². The van der Waals surface area contributed by atoms with Crippen LogP contribution in [0.4, 0.5) is 0 Å². The van der Waals surface area contributed by atoms with E-state index in [9.17, 15) is 0 Å². The van der Waals surface area contributed by atoms with Crippen molar-refractivity contribution in [2.24, 2.45) is 0 Å². The number of hydrogen-bond donors (Lipinski definition) is 0. The number of halogens is 2. The minimum absolute atomic E-state index is 0.383. The fourth-order valence-electron chi connectivity index (χ4n) is 1.36. The lowest BCUT2D eigenvalue weighted by Crippen LogP contribution is -1.94. The van der Waals surface area contributed by atoms with E-state index in [1.165, 1.54) is 6.33 Å². The van der Waals surface area contributed by atoms with Gasteiger partial charge in [0.2, 0.25) is 5.88 Å². The van der Waals surface area contributed by atoms with E-state index in [1.54, 1.807) is 7.11 Å². The molecule has 16 heavy (non-hydrogen) atoms. The highest BCUT2D eigenvalue weighted by atomic mass is 79.9. The fraction of sp³-hybridized carbons (Fsp3) is 0.0909. The number of ether oxygens (including phenoxy) is 1. The van der Waals surface area contributed by atoms with Crippen molar-refractivity contribution < 1.29 is 4.74 Å². The molecule has 0 saturated heterocycles. The van der Waals surface area contributed by atoms with Gasteiger partial charge in [0.25, 0.3) is 0 Å². The zero-order chi connectivity index (χ0) is 11.5. The van der Waals surface area contributed by atoms with Crippen molar-refractivity contribution in [3.05, 3.63) is 40.2 Å². The molecule has 0 bridgehead atoms. The highest BCUT2D eigenvalue weighted by Crippen LogP contribution is 2.33. The van der Waals surface area contributed by atoms with Crippen LogP contribution in [-0.2, 0) is 0 Å². The van der Waals surface area contributed by atoms with Gasteiger partial charge in [-0.1, -0.05) is 39.7 Å². The lowest BCUT2D eigenvalue weighted by atomic mass is 10.1. The quantitative estimate of drug-likeness (QED) is 0.795. The number of hydrogen-bond acceptors (Lipinski definition) is 3. The molecule has 0 atom stereocenters. The lowest BCUT2D eigenvalue weighted by Gasteiger charge is -2.08. The summed E-state index contributed by atoms with van der Waals surface area (Å²) >= 11 is 9.42. The first-order valence-corrected chi connectivity index (χ1v) is 5.70. The van der Waals surface area contributed by atoms with Crippen LogP contribution in [0.1, 0.15) is 0 Å². The molecule has 2 rings (SSSR count). The van der Waals surface area contributed by atoms with Crippen molar-refractivity contribution >= 4 is 27.5 Å². The molecular weight excluding hydrogens is 291 g/mol. The third kappa shape index (κ3) is 2.18. The molecule has 82 valence electrons. The molecule has 0 N–H and O–H groups in total. The zero-order valence-electron chi connectivity index (χ0n) is 8.45. The molecule has 1 heterocycles. The van der Waals surface area contributed by atoms with Crippen molar-refractivity contribution in [2.75, 3.05) is 7.11 Å². The van der Waals surface area contributed by atoms with E-state index in [4.69, 9.17) is 16.3 Å². The van der Waals surface area contributed by atoms with Crippen LogP contribution >= 0.6 is 27.5 Å². The number of methoxy groups -OCH3 is 1. The summed E-state index contributed by atoms with van der Waals surface area (Å²) in [7, 11) is 1.56. The smallest absolute Gasteiger partial charge is 0.225 e. The molecule has 0 aliphatic rings. The Hall–Kier alpha value is -1.13. The normalized spacial score (nSPS) is 10.2. The highest BCUT2D eigenvalue weighted by molar-refractivity contribution is 9.10. The molecule has 0 saturated carbocycles. The summed E-state index contributed by atoms with van der Waals surface area (Å²) in [5.74, 6) is 0.474. The number of nitrogens with zero attached hydrogens (tertiary/aromatic N) is 2. The Balaban J connectivity index is 2.58. The zero-order valence-corrected chi connectivity index (χ0v) is 10.8. The first-order chi connectivity index (χ1) is 7.72. The predicted octanol–water partition coefficient (Wildman–Crippen LogP) is 3.57. The van der Waals surface area contributed by atoms with Gasteiger partial charge in [0.15, 0.2) is 0 Å². The van der Waals surface area contributed by atoms with Crippen molar-refractivity contribution in [1.82, 2.24) is 9.97 Å². The molecule has 0 aliphatic heterocycles. The number of rotatable bonds is 2. The van der Waals surface area contributed by atoms with E-state index in [1.807, 2.05) is 24.3 Å². The minimum atomic E-state index is 0.383. The van der Waals surface area contributed by atoms with E-state index in [2.05, 4.69) is 25.9 Å². The third-order valence-electron chi connectivity index (χ3n) is 2.09. The summed E-state index contributed by atoms with van der Waals surface area (Å²) in [5, 5.41) is 0.383. The Morgan fingerprint density at radius 2 is 1.88 bits per heavy atom. The minimum Gasteiger partial charge on any atom is -0.480 e. The average Bonchev–Trinajstić information content (AvgIpc) is 2.30. The molecule has 1 aromatic carbocycles. The molecule has 0 amide bonds. The fourth-order valence-corrected chi connectivity index (χ4v) is 1.86. The van der Waals surface area contributed by atoms with Gasteiger partial charge in [-0.15, -0.1) is 0 Å². The van der Waals surface area contributed by atoms with Crippen LogP contribution < -0.4 is 4.74 Å². The first-order valence-electron chi connectivity index (χ1n) is 4.53. The maximum absolute atomic E-state index is 6.04. The van der Waals surface area contributed by atoms with E-state index in [-0.39, 0.29) is 0 Å². The van der Waals surface area contributed by atoms with Crippen LogP contribution in [0.2, 0.25) is 5.15 Å². The predicted molar refractivity (Wildman–Crippen MR) is 66.7 cm³/mol. The van der Waals surface area contributed by atoms with Gasteiger partial charge < -0.3 is 4.74 Å². The molecule has 2 aromatic rings. The van der Waals surface area contributed by atoms with Gasteiger partial charge in [-0.2, -0.15) is 0 Å². The summed E-state index contributed by atoms with van der Waals surface area (Å²) in [5.41, 5.74) is 1.63. The van der Waals surface area contributed by atoms with Crippen molar-refractivity contribution in [1.29, 1.82) is 0 Å². The average molecular weight is 300 g/mol. The van der Waals surface area contributed by atoms with Crippen LogP contribution in [0.5, 0.6) is 5.88 Å². The molecule has 1 aromatic heterocycles. The number of aromatic nitrogens is 2. The molecule has 0 fully saturated rings. The van der Waals surface area contributed by atoms with Crippen molar-refractivity contribution in [3.63, 3.8) is 0 Å². The second-order valence-corrected chi connectivity index (χ2v) is 4.33. The van der Waals surface area contributed by atoms with E-state index in [0.29, 0.717) is 16.6 Å². The molecular formula is C11H8BrClN2O. The van der Waals surface area contributed by atoms with Crippen LogP contribution in [0.25, 0.3) is 11.1 Å². The van der Waals surface area contributed by atoms with Crippen LogP contribution in [0, 0.1) is 0 Å². The molecule has 0 unspecified atom stereocenters. The highest BCUT2D eigenvalue weighted by Gasteiger charge is 2.12. The van der Waals surface area contributed by atoms with Gasteiger partial charge in [0.1, 0.15) is 11.5 Å². The van der Waals surface area contributed by atoms with Gasteiger partial charge in [-0.3, -0.25) is 0 Å². The van der Waals surface area contributed by atoms with E-state index >= 15 is 0 Å². The molecule has 0 spiro atoms. The molecule has 3 nitrogen and oxygen atoms in total. The molecule has 5 heteroatoms. The van der Waals surface area contributed by atoms with Crippen LogP contribution in [-0.4, -0.2) is 17.1 Å². The van der Waals surface area contributed by atoms with Gasteiger partial charge >= 0.3 is 0 Å². The Kier molecular flexibility index (Phi) is 3.41. The first kappa shape index (κ1) is 11.4. The SMILES string of the molecule is COc1ncnc(Cl)c1-c1ccc(Br)cc1. The van der Waals surface area contributed by atoms with Gasteiger partial charge in [-0.25, -0.2) is 9.97 Å². The van der Waals surface area contributed by atoms with Crippen molar-refractivity contribution in [2.45, 2.75) is 0 Å². The monoisotopic (exact) mass is 298 g/mol. The maximum atomic E-state index is 6.04. The van der Waals surface area contributed by atoms with Gasteiger partial charge in [-0.05, 0) is 17.7 Å². The standard InChI is InChI=1S/C11H8BrClN2O/c1-16-11-9(10(13)14-6-15-11)7-2-4-8(12)5-3-7/h2-6H,1H3. The largest absolute Gasteiger partial charge is 0.480 e. The summed E-state index contributed by atoms with van der Waals surface area (Å²) in [4.78, 5) is 7.98. The summed E-state index contributed by atoms with van der Waals surface area (Å²) < 4.78 is 6.17.